The summed E-state index contributed by atoms with van der Waals surface area (Å²) in [6.07, 6.45) is -1.61. The van der Waals surface area contributed by atoms with Gasteiger partial charge in [-0.25, -0.2) is 0 Å². The number of carbonyl (C=O) groups excluding carboxylic acids is 8. The molecule has 2 aliphatic rings. The summed E-state index contributed by atoms with van der Waals surface area (Å²) in [6.45, 7) is 4.34. The number of carbonyl (C=O) groups is 11. The fourth-order valence-corrected chi connectivity index (χ4v) is 9.12. The van der Waals surface area contributed by atoms with E-state index in [1.165, 1.54) is 86.3 Å². The van der Waals surface area contributed by atoms with Gasteiger partial charge in [0.2, 0.25) is 47.3 Å². The molecule has 2 saturated heterocycles. The number of hydrogen-bond donors (Lipinski definition) is 13. The Kier molecular flexibility index (Phi) is 21.6. The molecular weight excluding hydrogens is 1030 g/mol. The van der Waals surface area contributed by atoms with E-state index in [-0.39, 0.29) is 68.9 Å². The van der Waals surface area contributed by atoms with E-state index in [4.69, 9.17) is 5.73 Å². The Labute approximate surface area is 453 Å². The minimum absolute atomic E-state index is 0.00192. The maximum atomic E-state index is 14.4. The average molecular weight is 1100 g/mol. The van der Waals surface area contributed by atoms with Crippen molar-refractivity contribution in [3.63, 3.8) is 0 Å². The van der Waals surface area contributed by atoms with Gasteiger partial charge in [0.25, 0.3) is 0 Å². The lowest BCUT2D eigenvalue weighted by Gasteiger charge is -2.32. The summed E-state index contributed by atoms with van der Waals surface area (Å²) in [6, 6.07) is 4.00. The van der Waals surface area contributed by atoms with Crippen molar-refractivity contribution in [2.75, 3.05) is 13.1 Å². The quantitative estimate of drug-likeness (QED) is 0.0447. The maximum absolute atomic E-state index is 14.4. The standard InChI is InChI=1S/C53H67N9O17/c1-27(2)44(52(77)62-21-5-7-41(62)50(75)59-38(25-42(66)67)47(72)56-36(45(70)55-28(3)53(78)79)23-30-10-16-33(64)17-11-30)60-48(73)39(26-43(68)69)57-46(71)37(24-31-12-18-34(65)19-13-31)58-49(74)40-6-4-20-61(40)51(76)35(54)22-29-8-14-32(63)15-9-29/h8-19,27-28,35-41,44,63-65H,4-7,20-26,54H2,1-3H3,(H,55,70)(H,56,72)(H,57,71)(H,58,74)(H,59,75)(H,60,73)(H,66,67)(H,68,69)(H,78,79)/t28-,35+,36-,37+,38+,39-,40-,41-,44-/m0/s1. The van der Waals surface area contributed by atoms with Gasteiger partial charge < -0.3 is 78.1 Å². The Morgan fingerprint density at radius 2 is 0.848 bits per heavy atom. The van der Waals surface area contributed by atoms with Gasteiger partial charge in [0.15, 0.2) is 0 Å². The zero-order valence-corrected chi connectivity index (χ0v) is 43.6. The van der Waals surface area contributed by atoms with Crippen molar-refractivity contribution in [3.05, 3.63) is 89.5 Å². The molecule has 26 nitrogen and oxygen atoms in total. The van der Waals surface area contributed by atoms with Crippen molar-refractivity contribution < 1.29 is 83.4 Å². The highest BCUT2D eigenvalue weighted by atomic mass is 16.4. The fraction of sp³-hybridized carbons (Fsp3) is 0.453. The summed E-state index contributed by atoms with van der Waals surface area (Å²) in [5.41, 5.74) is 7.76. The summed E-state index contributed by atoms with van der Waals surface area (Å²) in [5.74, 6) is -12.9. The third-order valence-corrected chi connectivity index (χ3v) is 13.4. The summed E-state index contributed by atoms with van der Waals surface area (Å²) in [7, 11) is 0. The van der Waals surface area contributed by atoms with Gasteiger partial charge in [-0.3, -0.25) is 52.7 Å². The third-order valence-electron chi connectivity index (χ3n) is 13.4. The van der Waals surface area contributed by atoms with Crippen LogP contribution in [0.1, 0.15) is 76.0 Å². The number of nitrogens with two attached hydrogens (primary N) is 1. The van der Waals surface area contributed by atoms with Gasteiger partial charge in [-0.2, -0.15) is 0 Å². The zero-order chi connectivity index (χ0) is 58.2. The monoisotopic (exact) mass is 1100 g/mol. The van der Waals surface area contributed by atoms with Crippen molar-refractivity contribution in [1.82, 2.24) is 41.7 Å². The number of nitrogens with one attached hydrogen (secondary N) is 6. The largest absolute Gasteiger partial charge is 0.508 e. The van der Waals surface area contributed by atoms with E-state index in [0.717, 1.165) is 4.90 Å². The van der Waals surface area contributed by atoms with Gasteiger partial charge in [-0.1, -0.05) is 50.2 Å². The van der Waals surface area contributed by atoms with Crippen LogP contribution < -0.4 is 37.6 Å². The number of rotatable bonds is 26. The molecule has 79 heavy (non-hydrogen) atoms. The van der Waals surface area contributed by atoms with Crippen molar-refractivity contribution >= 4 is 65.2 Å². The van der Waals surface area contributed by atoms with Crippen LogP contribution in [0.25, 0.3) is 0 Å². The van der Waals surface area contributed by atoms with Gasteiger partial charge in [0, 0.05) is 25.9 Å². The van der Waals surface area contributed by atoms with Crippen LogP contribution in [-0.4, -0.2) is 173 Å². The molecule has 2 aliphatic heterocycles. The highest BCUT2D eigenvalue weighted by Crippen LogP contribution is 2.23. The van der Waals surface area contributed by atoms with Gasteiger partial charge in [0.1, 0.15) is 65.6 Å². The smallest absolute Gasteiger partial charge is 0.325 e. The van der Waals surface area contributed by atoms with Crippen LogP contribution >= 0.6 is 0 Å². The van der Waals surface area contributed by atoms with Gasteiger partial charge in [-0.15, -0.1) is 0 Å². The Hall–Kier alpha value is -8.81. The normalized spacial score (nSPS) is 17.6. The molecule has 0 unspecified atom stereocenters. The molecule has 0 aliphatic carbocycles. The highest BCUT2D eigenvalue weighted by Gasteiger charge is 2.42. The number of phenols is 3. The van der Waals surface area contributed by atoms with Crippen LogP contribution in [0.15, 0.2) is 72.8 Å². The topological polar surface area (TPSA) is 414 Å². The van der Waals surface area contributed by atoms with Crippen LogP contribution in [0, 0.1) is 5.92 Å². The first-order valence-electron chi connectivity index (χ1n) is 25.5. The minimum atomic E-state index is -1.87. The number of nitrogens with zero attached hydrogens (tertiary/aromatic N) is 2. The first-order valence-corrected chi connectivity index (χ1v) is 25.5. The maximum Gasteiger partial charge on any atom is 0.325 e. The molecule has 426 valence electrons. The van der Waals surface area contributed by atoms with E-state index in [2.05, 4.69) is 31.9 Å². The van der Waals surface area contributed by atoms with Gasteiger partial charge in [0.05, 0.1) is 18.9 Å². The second kappa shape index (κ2) is 28.0. The molecule has 26 heteroatoms. The molecule has 0 radical (unpaired) electrons. The van der Waals surface area contributed by atoms with E-state index in [1.807, 2.05) is 0 Å². The Balaban J connectivity index is 1.31. The molecule has 14 N–H and O–H groups in total. The van der Waals surface area contributed by atoms with Crippen molar-refractivity contribution in [2.45, 2.75) is 133 Å². The van der Waals surface area contributed by atoms with Crippen molar-refractivity contribution in [3.8, 4) is 17.2 Å². The molecule has 0 aromatic heterocycles. The minimum Gasteiger partial charge on any atom is -0.508 e. The van der Waals surface area contributed by atoms with Crippen LogP contribution in [0.2, 0.25) is 0 Å². The summed E-state index contributed by atoms with van der Waals surface area (Å²) < 4.78 is 0. The Morgan fingerprint density at radius 3 is 1.28 bits per heavy atom. The number of amides is 8. The van der Waals surface area contributed by atoms with E-state index in [1.54, 1.807) is 12.1 Å². The van der Waals surface area contributed by atoms with Gasteiger partial charge >= 0.3 is 17.9 Å². The van der Waals surface area contributed by atoms with E-state index >= 15 is 0 Å². The number of aromatic hydroxyl groups is 3. The predicted molar refractivity (Wildman–Crippen MR) is 277 cm³/mol. The lowest BCUT2D eigenvalue weighted by molar-refractivity contribution is -0.145. The first-order chi connectivity index (χ1) is 37.3. The number of likely N-dealkylation sites (tertiary alicyclic amines) is 2. The molecule has 3 aromatic rings. The number of phenolic OH excluding ortho intramolecular Hbond substituents is 3. The number of carboxylic acid groups (broad SMARTS) is 3. The molecular formula is C53H67N9O17. The molecule has 3 aromatic carbocycles. The second-order valence-corrected chi connectivity index (χ2v) is 19.8. The SMILES string of the molecule is CC(C)[C@H](NC(=O)[C@H](CC(=O)O)NC(=O)[C@@H](Cc1ccc(O)cc1)NC(=O)[C@@H]1CCCN1C(=O)[C@H](N)Cc1ccc(O)cc1)C(=O)N1CCC[C@H]1C(=O)N[C@H](CC(=O)O)C(=O)N[C@@H](Cc1ccc(O)cc1)C(=O)N[C@@H](C)C(=O)O. The van der Waals surface area contributed by atoms with Crippen molar-refractivity contribution in [2.24, 2.45) is 11.7 Å². The van der Waals surface area contributed by atoms with Crippen LogP contribution in [0.5, 0.6) is 17.2 Å². The molecule has 0 bridgehead atoms. The molecule has 0 saturated carbocycles. The molecule has 0 spiro atoms. The predicted octanol–water partition coefficient (Wildman–Crippen LogP) is -1.24. The number of benzene rings is 3. The number of hydrogen-bond acceptors (Lipinski definition) is 15. The third kappa shape index (κ3) is 17.6. The van der Waals surface area contributed by atoms with Crippen LogP contribution in [0.3, 0.4) is 0 Å². The molecule has 9 atom stereocenters. The summed E-state index contributed by atoms with van der Waals surface area (Å²) in [4.78, 5) is 150. The molecule has 2 heterocycles. The summed E-state index contributed by atoms with van der Waals surface area (Å²) in [5, 5.41) is 72.9. The van der Waals surface area contributed by atoms with Gasteiger partial charge in [-0.05, 0) is 98.0 Å². The number of aliphatic carboxylic acids is 3. The van der Waals surface area contributed by atoms with E-state index in [0.29, 0.717) is 23.1 Å². The average Bonchev–Trinajstić information content (AvgIpc) is 4.15. The first kappa shape index (κ1) is 61.0. The van der Waals surface area contributed by atoms with Crippen molar-refractivity contribution in [1.29, 1.82) is 0 Å². The second-order valence-electron chi connectivity index (χ2n) is 19.8. The number of carboxylic acids is 3. The van der Waals surface area contributed by atoms with E-state index < -0.39 is 138 Å². The summed E-state index contributed by atoms with van der Waals surface area (Å²) >= 11 is 0. The lowest BCUT2D eigenvalue weighted by Crippen LogP contribution is -2.61. The van der Waals surface area contributed by atoms with Crippen LogP contribution in [-0.2, 0) is 72.0 Å². The fourth-order valence-electron chi connectivity index (χ4n) is 9.12. The zero-order valence-electron chi connectivity index (χ0n) is 43.6. The Bertz CT molecular complexity index is 2720. The molecule has 5 rings (SSSR count). The Morgan fingerprint density at radius 1 is 0.494 bits per heavy atom. The highest BCUT2D eigenvalue weighted by molar-refractivity contribution is 6.00. The van der Waals surface area contributed by atoms with E-state index in [9.17, 15) is 83.4 Å². The molecule has 2 fully saturated rings. The molecule has 8 amide bonds. The van der Waals surface area contributed by atoms with Crippen LogP contribution in [0.4, 0.5) is 0 Å². The lowest BCUT2D eigenvalue weighted by atomic mass is 10.0.